The summed E-state index contributed by atoms with van der Waals surface area (Å²) < 4.78 is 7.45. The number of benzene rings is 2. The van der Waals surface area contributed by atoms with Crippen LogP contribution in [0.2, 0.25) is 5.04 Å². The fourth-order valence-corrected chi connectivity index (χ4v) is 10.8. The van der Waals surface area contributed by atoms with Gasteiger partial charge in [-0.1, -0.05) is 87.5 Å². The van der Waals surface area contributed by atoms with Crippen LogP contribution in [0.3, 0.4) is 0 Å². The second-order valence-electron chi connectivity index (χ2n) is 10.1. The molecule has 0 saturated heterocycles. The lowest BCUT2D eigenvalue weighted by Gasteiger charge is -2.46. The van der Waals surface area contributed by atoms with Gasteiger partial charge >= 0.3 is 0 Å². The van der Waals surface area contributed by atoms with E-state index >= 15 is 0 Å². The summed E-state index contributed by atoms with van der Waals surface area (Å²) in [6.07, 6.45) is 5.59. The predicted molar refractivity (Wildman–Crippen MR) is 127 cm³/mol. The Morgan fingerprint density at radius 2 is 1.57 bits per heavy atom. The fourth-order valence-electron chi connectivity index (χ4n) is 6.04. The molecule has 0 radical (unpaired) electrons. The van der Waals surface area contributed by atoms with Gasteiger partial charge in [0.1, 0.15) is 5.78 Å². The Hall–Kier alpha value is -1.97. The van der Waals surface area contributed by atoms with Crippen LogP contribution in [-0.2, 0) is 9.22 Å². The average Bonchev–Trinajstić information content (AvgIpc) is 3.23. The van der Waals surface area contributed by atoms with E-state index in [9.17, 15) is 4.79 Å². The summed E-state index contributed by atoms with van der Waals surface area (Å²) in [5, 5.41) is 2.63. The van der Waals surface area contributed by atoms with E-state index in [1.165, 1.54) is 10.4 Å². The highest BCUT2D eigenvalue weighted by atomic mass is 28.4. The molecule has 0 N–H and O–H groups in total. The highest BCUT2D eigenvalue weighted by Crippen LogP contribution is 2.51. The highest BCUT2D eigenvalue weighted by molar-refractivity contribution is 6.99. The zero-order valence-corrected chi connectivity index (χ0v) is 19.5. The zero-order valence-electron chi connectivity index (χ0n) is 18.5. The Morgan fingerprint density at radius 3 is 2.07 bits per heavy atom. The second-order valence-corrected chi connectivity index (χ2v) is 14.4. The SMILES string of the molecule is C=CC[C@@H]1[C@H]2CC(=O)C[C@H]2C[C@H]1O[Si](c1ccccc1)(c1ccccc1)C(C)(C)C. The van der Waals surface area contributed by atoms with Gasteiger partial charge < -0.3 is 4.43 Å². The number of fused-ring (bicyclic) bond motifs is 1. The Labute approximate surface area is 182 Å². The zero-order chi connectivity index (χ0) is 21.4. The monoisotopic (exact) mass is 418 g/mol. The van der Waals surface area contributed by atoms with Gasteiger partial charge in [-0.25, -0.2) is 0 Å². The molecule has 0 spiro atoms. The number of rotatable bonds is 6. The van der Waals surface area contributed by atoms with Crippen molar-refractivity contribution < 1.29 is 9.22 Å². The molecule has 2 fully saturated rings. The van der Waals surface area contributed by atoms with Crippen molar-refractivity contribution in [3.63, 3.8) is 0 Å². The van der Waals surface area contributed by atoms with Crippen LogP contribution in [0.4, 0.5) is 0 Å². The molecule has 2 nitrogen and oxygen atoms in total. The van der Waals surface area contributed by atoms with E-state index in [1.807, 2.05) is 6.08 Å². The number of carbonyl (C=O) groups is 1. The second kappa shape index (κ2) is 8.28. The van der Waals surface area contributed by atoms with E-state index in [0.717, 1.165) is 25.7 Å². The summed E-state index contributed by atoms with van der Waals surface area (Å²) in [4.78, 5) is 12.1. The molecule has 0 heterocycles. The molecule has 2 saturated carbocycles. The molecule has 4 rings (SSSR count). The summed E-state index contributed by atoms with van der Waals surface area (Å²) in [7, 11) is -2.57. The van der Waals surface area contributed by atoms with Crippen LogP contribution in [0.25, 0.3) is 0 Å². The minimum absolute atomic E-state index is 0.0258. The molecule has 0 aromatic heterocycles. The number of hydrogen-bond donors (Lipinski definition) is 0. The third kappa shape index (κ3) is 3.63. The van der Waals surface area contributed by atoms with E-state index in [0.29, 0.717) is 23.5 Å². The van der Waals surface area contributed by atoms with E-state index in [2.05, 4.69) is 88.0 Å². The normalized spacial score (nSPS) is 26.6. The maximum atomic E-state index is 12.1. The summed E-state index contributed by atoms with van der Waals surface area (Å²) in [6, 6.07) is 21.7. The van der Waals surface area contributed by atoms with Gasteiger partial charge in [-0.15, -0.1) is 6.58 Å². The van der Waals surface area contributed by atoms with Crippen LogP contribution in [0.5, 0.6) is 0 Å². The van der Waals surface area contributed by atoms with Crippen LogP contribution in [-0.4, -0.2) is 20.2 Å². The first-order chi connectivity index (χ1) is 14.4. The predicted octanol–water partition coefficient (Wildman–Crippen LogP) is 5.12. The Bertz CT molecular complexity index is 845. The van der Waals surface area contributed by atoms with Gasteiger partial charge in [-0.05, 0) is 46.0 Å². The molecule has 0 aliphatic heterocycles. The van der Waals surface area contributed by atoms with Gasteiger partial charge in [0.05, 0.1) is 0 Å². The van der Waals surface area contributed by atoms with Gasteiger partial charge in [0.15, 0.2) is 0 Å². The van der Waals surface area contributed by atoms with Crippen LogP contribution in [0.1, 0.15) is 46.5 Å². The van der Waals surface area contributed by atoms with Gasteiger partial charge in [-0.3, -0.25) is 4.79 Å². The lowest BCUT2D eigenvalue weighted by Crippen LogP contribution is -2.68. The van der Waals surface area contributed by atoms with Crippen molar-refractivity contribution in [1.29, 1.82) is 0 Å². The molecule has 2 aromatic carbocycles. The highest BCUT2D eigenvalue weighted by Gasteiger charge is 2.55. The van der Waals surface area contributed by atoms with Gasteiger partial charge in [0.25, 0.3) is 8.32 Å². The van der Waals surface area contributed by atoms with Crippen molar-refractivity contribution in [1.82, 2.24) is 0 Å². The van der Waals surface area contributed by atoms with E-state index in [1.54, 1.807) is 0 Å². The Balaban J connectivity index is 1.81. The van der Waals surface area contributed by atoms with Crippen molar-refractivity contribution in [3.8, 4) is 0 Å². The molecule has 2 aliphatic carbocycles. The molecule has 0 bridgehead atoms. The minimum Gasteiger partial charge on any atom is -0.404 e. The smallest absolute Gasteiger partial charge is 0.261 e. The van der Waals surface area contributed by atoms with Crippen molar-refractivity contribution in [2.24, 2.45) is 17.8 Å². The third-order valence-electron chi connectivity index (χ3n) is 7.31. The van der Waals surface area contributed by atoms with E-state index in [4.69, 9.17) is 4.43 Å². The molecule has 0 amide bonds. The summed E-state index contributed by atoms with van der Waals surface area (Å²) in [5.41, 5.74) is 0. The van der Waals surface area contributed by atoms with Crippen molar-refractivity contribution >= 4 is 24.5 Å². The van der Waals surface area contributed by atoms with Gasteiger partial charge in [0.2, 0.25) is 0 Å². The van der Waals surface area contributed by atoms with Crippen molar-refractivity contribution in [2.75, 3.05) is 0 Å². The number of hydrogen-bond acceptors (Lipinski definition) is 2. The molecule has 2 aromatic rings. The van der Waals surface area contributed by atoms with Crippen molar-refractivity contribution in [3.05, 3.63) is 73.3 Å². The maximum Gasteiger partial charge on any atom is 0.261 e. The lowest BCUT2D eigenvalue weighted by atomic mass is 9.89. The molecule has 158 valence electrons. The van der Waals surface area contributed by atoms with Crippen molar-refractivity contribution in [2.45, 2.75) is 57.6 Å². The molecule has 4 atom stereocenters. The first kappa shape index (κ1) is 21.3. The molecular weight excluding hydrogens is 384 g/mol. The number of carbonyl (C=O) groups excluding carboxylic acids is 1. The quantitative estimate of drug-likeness (QED) is 0.481. The van der Waals surface area contributed by atoms with Gasteiger partial charge in [0, 0.05) is 18.9 Å². The molecule has 2 aliphatic rings. The van der Waals surface area contributed by atoms with Crippen LogP contribution in [0, 0.1) is 17.8 Å². The number of ketones is 1. The molecule has 30 heavy (non-hydrogen) atoms. The first-order valence-corrected chi connectivity index (χ1v) is 13.2. The largest absolute Gasteiger partial charge is 0.404 e. The Kier molecular flexibility index (Phi) is 5.87. The molecule has 0 unspecified atom stereocenters. The molecule has 3 heteroatoms. The van der Waals surface area contributed by atoms with E-state index in [-0.39, 0.29) is 11.1 Å². The summed E-state index contributed by atoms with van der Waals surface area (Å²) in [5.74, 6) is 1.76. The third-order valence-corrected chi connectivity index (χ3v) is 12.4. The summed E-state index contributed by atoms with van der Waals surface area (Å²) in [6.45, 7) is 11.0. The van der Waals surface area contributed by atoms with E-state index < -0.39 is 8.32 Å². The summed E-state index contributed by atoms with van der Waals surface area (Å²) >= 11 is 0. The lowest BCUT2D eigenvalue weighted by molar-refractivity contribution is -0.118. The minimum atomic E-state index is -2.57. The number of allylic oxidation sites excluding steroid dienone is 1. The fraction of sp³-hybridized carbons (Fsp3) is 0.444. The van der Waals surface area contributed by atoms with Crippen LogP contribution in [0.15, 0.2) is 73.3 Å². The Morgan fingerprint density at radius 1 is 1.00 bits per heavy atom. The topological polar surface area (TPSA) is 26.3 Å². The number of Topliss-reactive ketones (excluding diaryl/α,β-unsaturated/α-hetero) is 1. The standard InChI is InChI=1S/C27H34O2Si/c1-5-12-24-25-19-21(28)17-20(25)18-26(24)29-30(27(2,3)4,22-13-8-6-9-14-22)23-15-10-7-11-16-23/h5-11,13-16,20,24-26H,1,12,17-19H2,2-4H3/t20-,24+,25-,26+/m0/s1. The van der Waals surface area contributed by atoms with Crippen LogP contribution < -0.4 is 10.4 Å². The average molecular weight is 419 g/mol. The van der Waals surface area contributed by atoms with Gasteiger partial charge in [-0.2, -0.15) is 0 Å². The maximum absolute atomic E-state index is 12.1. The molecular formula is C27H34O2Si. The first-order valence-electron chi connectivity index (χ1n) is 11.3. The van der Waals surface area contributed by atoms with Crippen LogP contribution >= 0.6 is 0 Å².